The average molecular weight is 276 g/mol. The van der Waals surface area contributed by atoms with E-state index in [-0.39, 0.29) is 5.91 Å². The third kappa shape index (κ3) is 2.47. The number of hydrogen-bond acceptors (Lipinski definition) is 3. The van der Waals surface area contributed by atoms with Crippen LogP contribution >= 0.6 is 0 Å². The van der Waals surface area contributed by atoms with E-state index in [4.69, 9.17) is 5.26 Å². The predicted molar refractivity (Wildman–Crippen MR) is 79.8 cm³/mol. The van der Waals surface area contributed by atoms with E-state index in [9.17, 15) is 4.79 Å². The fourth-order valence-electron chi connectivity index (χ4n) is 2.12. The molecule has 0 saturated heterocycles. The molecule has 21 heavy (non-hydrogen) atoms. The number of hydrogen-bond donors (Lipinski definition) is 1. The highest BCUT2D eigenvalue weighted by Crippen LogP contribution is 2.19. The van der Waals surface area contributed by atoms with Crippen molar-refractivity contribution in [2.75, 3.05) is 5.32 Å². The molecule has 0 saturated carbocycles. The van der Waals surface area contributed by atoms with Gasteiger partial charge in [0.2, 0.25) is 0 Å². The van der Waals surface area contributed by atoms with Crippen LogP contribution < -0.4 is 5.32 Å². The molecular weight excluding hydrogens is 264 g/mol. The Morgan fingerprint density at radius 1 is 1.24 bits per heavy atom. The number of rotatable bonds is 2. The molecule has 0 fully saturated rings. The molecule has 0 aliphatic rings. The molecule has 0 spiro atoms. The minimum Gasteiger partial charge on any atom is -0.322 e. The van der Waals surface area contributed by atoms with Crippen LogP contribution in [0.4, 0.5) is 5.69 Å². The lowest BCUT2D eigenvalue weighted by Crippen LogP contribution is -2.11. The Morgan fingerprint density at radius 3 is 2.71 bits per heavy atom. The van der Waals surface area contributed by atoms with Crippen LogP contribution in [-0.2, 0) is 7.05 Å². The Hall–Kier alpha value is -3.13. The Balaban J connectivity index is 1.85. The number of nitrogens with zero attached hydrogens (tertiary/aromatic N) is 3. The zero-order chi connectivity index (χ0) is 14.8. The number of carbonyl (C=O) groups excluding carboxylic acids is 1. The fraction of sp³-hybridized carbons (Fsp3) is 0.0625. The van der Waals surface area contributed by atoms with Crippen LogP contribution in [0.5, 0.6) is 0 Å². The first-order chi connectivity index (χ1) is 10.2. The van der Waals surface area contributed by atoms with Crippen LogP contribution in [0, 0.1) is 11.3 Å². The van der Waals surface area contributed by atoms with Gasteiger partial charge in [-0.2, -0.15) is 10.4 Å². The van der Waals surface area contributed by atoms with Crippen molar-refractivity contribution in [1.82, 2.24) is 9.78 Å². The van der Waals surface area contributed by atoms with Gasteiger partial charge < -0.3 is 5.32 Å². The van der Waals surface area contributed by atoms with Crippen molar-refractivity contribution in [2.24, 2.45) is 7.05 Å². The van der Waals surface area contributed by atoms with E-state index in [2.05, 4.69) is 10.4 Å². The summed E-state index contributed by atoms with van der Waals surface area (Å²) in [6.07, 6.45) is 1.78. The molecule has 1 heterocycles. The molecule has 0 aliphatic carbocycles. The number of carbonyl (C=O) groups is 1. The number of aryl methyl sites for hydroxylation is 1. The molecule has 3 aromatic rings. The molecule has 0 aliphatic heterocycles. The van der Waals surface area contributed by atoms with E-state index in [1.54, 1.807) is 35.1 Å². The number of nitriles is 1. The molecule has 3 rings (SSSR count). The molecule has 5 nitrogen and oxygen atoms in total. The largest absolute Gasteiger partial charge is 0.322 e. The molecule has 0 bridgehead atoms. The second-order valence-electron chi connectivity index (χ2n) is 4.69. The molecule has 2 aromatic carbocycles. The lowest BCUT2D eigenvalue weighted by molar-refractivity contribution is 0.102. The van der Waals surface area contributed by atoms with Crippen molar-refractivity contribution in [3.05, 3.63) is 59.8 Å². The minimum atomic E-state index is -0.207. The van der Waals surface area contributed by atoms with Gasteiger partial charge in [0, 0.05) is 23.7 Å². The quantitative estimate of drug-likeness (QED) is 0.782. The summed E-state index contributed by atoms with van der Waals surface area (Å²) in [6.45, 7) is 0. The van der Waals surface area contributed by atoms with Gasteiger partial charge in [-0.05, 0) is 42.5 Å². The van der Waals surface area contributed by atoms with Gasteiger partial charge in [-0.25, -0.2) is 0 Å². The number of aromatic nitrogens is 2. The maximum Gasteiger partial charge on any atom is 0.255 e. The van der Waals surface area contributed by atoms with Crippen molar-refractivity contribution < 1.29 is 4.79 Å². The first kappa shape index (κ1) is 12.9. The fourth-order valence-corrected chi connectivity index (χ4v) is 2.12. The molecule has 0 atom stereocenters. The van der Waals surface area contributed by atoms with Gasteiger partial charge in [0.1, 0.15) is 0 Å². The third-order valence-corrected chi connectivity index (χ3v) is 3.28. The maximum atomic E-state index is 12.2. The highest BCUT2D eigenvalue weighted by atomic mass is 16.1. The van der Waals surface area contributed by atoms with Gasteiger partial charge in [-0.1, -0.05) is 0 Å². The standard InChI is InChI=1S/C16H12N4O/c1-20-15-8-14(7-6-13(15)10-18-20)19-16(21)12-4-2-11(9-17)3-5-12/h2-8,10H,1H3,(H,19,21). The van der Waals surface area contributed by atoms with Crippen LogP contribution in [0.2, 0.25) is 0 Å². The molecular formula is C16H12N4O. The lowest BCUT2D eigenvalue weighted by Gasteiger charge is -2.06. The Labute approximate surface area is 121 Å². The van der Waals surface area contributed by atoms with Crippen LogP contribution in [0.15, 0.2) is 48.7 Å². The van der Waals surface area contributed by atoms with E-state index in [0.29, 0.717) is 16.8 Å². The number of benzene rings is 2. The summed E-state index contributed by atoms with van der Waals surface area (Å²) < 4.78 is 1.76. The summed E-state index contributed by atoms with van der Waals surface area (Å²) in [5, 5.41) is 16.8. The van der Waals surface area contributed by atoms with Crippen LogP contribution in [0.1, 0.15) is 15.9 Å². The summed E-state index contributed by atoms with van der Waals surface area (Å²) in [5.41, 5.74) is 2.70. The van der Waals surface area contributed by atoms with Gasteiger partial charge in [-0.3, -0.25) is 9.48 Å². The molecule has 5 heteroatoms. The van der Waals surface area contributed by atoms with E-state index < -0.39 is 0 Å². The smallest absolute Gasteiger partial charge is 0.255 e. The molecule has 102 valence electrons. The van der Waals surface area contributed by atoms with Crippen LogP contribution in [-0.4, -0.2) is 15.7 Å². The highest BCUT2D eigenvalue weighted by molar-refractivity contribution is 6.05. The average Bonchev–Trinajstić information content (AvgIpc) is 2.88. The summed E-state index contributed by atoms with van der Waals surface area (Å²) >= 11 is 0. The number of anilines is 1. The minimum absolute atomic E-state index is 0.207. The zero-order valence-electron chi connectivity index (χ0n) is 11.4. The molecule has 0 radical (unpaired) electrons. The van der Waals surface area contributed by atoms with E-state index >= 15 is 0 Å². The van der Waals surface area contributed by atoms with Crippen molar-refractivity contribution in [1.29, 1.82) is 5.26 Å². The Bertz CT molecular complexity index is 856. The number of fused-ring (bicyclic) bond motifs is 1. The number of amides is 1. The third-order valence-electron chi connectivity index (χ3n) is 3.28. The van der Waals surface area contributed by atoms with Crippen molar-refractivity contribution in [3.8, 4) is 6.07 Å². The van der Waals surface area contributed by atoms with Gasteiger partial charge in [0.05, 0.1) is 23.3 Å². The van der Waals surface area contributed by atoms with E-state index in [1.807, 2.05) is 31.3 Å². The van der Waals surface area contributed by atoms with E-state index in [1.165, 1.54) is 0 Å². The first-order valence-corrected chi connectivity index (χ1v) is 6.40. The monoisotopic (exact) mass is 276 g/mol. The first-order valence-electron chi connectivity index (χ1n) is 6.40. The summed E-state index contributed by atoms with van der Waals surface area (Å²) in [7, 11) is 1.86. The van der Waals surface area contributed by atoms with Gasteiger partial charge >= 0.3 is 0 Å². The molecule has 1 aromatic heterocycles. The van der Waals surface area contributed by atoms with E-state index in [0.717, 1.165) is 10.9 Å². The van der Waals surface area contributed by atoms with Crippen molar-refractivity contribution in [3.63, 3.8) is 0 Å². The highest BCUT2D eigenvalue weighted by Gasteiger charge is 2.07. The second kappa shape index (κ2) is 5.10. The van der Waals surface area contributed by atoms with Gasteiger partial charge in [-0.15, -0.1) is 0 Å². The molecule has 1 N–H and O–H groups in total. The van der Waals surface area contributed by atoms with Gasteiger partial charge in [0.15, 0.2) is 0 Å². The molecule has 1 amide bonds. The van der Waals surface area contributed by atoms with Crippen LogP contribution in [0.3, 0.4) is 0 Å². The summed E-state index contributed by atoms with van der Waals surface area (Å²) in [6, 6.07) is 14.2. The normalized spacial score (nSPS) is 10.3. The van der Waals surface area contributed by atoms with Gasteiger partial charge in [0.25, 0.3) is 5.91 Å². The lowest BCUT2D eigenvalue weighted by atomic mass is 10.1. The molecule has 0 unspecified atom stereocenters. The topological polar surface area (TPSA) is 70.7 Å². The summed E-state index contributed by atoms with van der Waals surface area (Å²) in [4.78, 5) is 12.2. The number of nitrogens with one attached hydrogen (secondary N) is 1. The Kier molecular flexibility index (Phi) is 3.13. The SMILES string of the molecule is Cn1ncc2ccc(NC(=O)c3ccc(C#N)cc3)cc21. The zero-order valence-corrected chi connectivity index (χ0v) is 11.4. The Morgan fingerprint density at radius 2 is 2.00 bits per heavy atom. The summed E-state index contributed by atoms with van der Waals surface area (Å²) in [5.74, 6) is -0.207. The van der Waals surface area contributed by atoms with Crippen molar-refractivity contribution >= 4 is 22.5 Å². The maximum absolute atomic E-state index is 12.2. The van der Waals surface area contributed by atoms with Crippen LogP contribution in [0.25, 0.3) is 10.9 Å². The van der Waals surface area contributed by atoms with Crippen molar-refractivity contribution in [2.45, 2.75) is 0 Å². The predicted octanol–water partition coefficient (Wildman–Crippen LogP) is 2.70. The second-order valence-corrected chi connectivity index (χ2v) is 4.69.